The molecule has 0 aliphatic rings. The predicted octanol–water partition coefficient (Wildman–Crippen LogP) is 2.63. The third kappa shape index (κ3) is 3.04. The van der Waals surface area contributed by atoms with Crippen molar-refractivity contribution in [2.75, 3.05) is 6.61 Å². The van der Waals surface area contributed by atoms with Gasteiger partial charge in [-0.25, -0.2) is 0 Å². The van der Waals surface area contributed by atoms with Crippen molar-refractivity contribution in [2.45, 2.75) is 33.2 Å². The molecule has 0 radical (unpaired) electrons. The Morgan fingerprint density at radius 2 is 2.14 bits per heavy atom. The number of hydrogen-bond acceptors (Lipinski definition) is 2. The number of unbranched alkanes of at least 4 members (excludes halogenated alkanes) is 1. The molecule has 0 atom stereocenters. The zero-order chi connectivity index (χ0) is 10.4. The van der Waals surface area contributed by atoms with E-state index in [0.29, 0.717) is 6.54 Å². The van der Waals surface area contributed by atoms with Gasteiger partial charge in [-0.15, -0.1) is 0 Å². The minimum Gasteiger partial charge on any atom is -0.494 e. The first-order valence-corrected chi connectivity index (χ1v) is 5.20. The van der Waals surface area contributed by atoms with Gasteiger partial charge in [-0.3, -0.25) is 0 Å². The van der Waals surface area contributed by atoms with Crippen LogP contribution in [-0.4, -0.2) is 6.61 Å². The molecule has 0 saturated carbocycles. The molecule has 0 aromatic heterocycles. The smallest absolute Gasteiger partial charge is 0.119 e. The standard InChI is InChI=1S/C12H19NO/c1-3-4-7-14-12-6-5-11(9-13)10(2)8-12/h5-6,8H,3-4,7,9,13H2,1-2H3. The number of rotatable bonds is 5. The third-order valence-corrected chi connectivity index (χ3v) is 2.30. The maximum atomic E-state index is 5.59. The summed E-state index contributed by atoms with van der Waals surface area (Å²) >= 11 is 0. The fraction of sp³-hybridized carbons (Fsp3) is 0.500. The monoisotopic (exact) mass is 193 g/mol. The van der Waals surface area contributed by atoms with Gasteiger partial charge in [0.25, 0.3) is 0 Å². The lowest BCUT2D eigenvalue weighted by molar-refractivity contribution is 0.309. The van der Waals surface area contributed by atoms with Crippen LogP contribution >= 0.6 is 0 Å². The van der Waals surface area contributed by atoms with Crippen molar-refractivity contribution < 1.29 is 4.74 Å². The molecule has 0 amide bonds. The van der Waals surface area contributed by atoms with E-state index in [2.05, 4.69) is 19.9 Å². The summed E-state index contributed by atoms with van der Waals surface area (Å²) in [6.07, 6.45) is 2.28. The summed E-state index contributed by atoms with van der Waals surface area (Å²) in [6, 6.07) is 6.08. The maximum absolute atomic E-state index is 5.59. The van der Waals surface area contributed by atoms with Gasteiger partial charge in [0.05, 0.1) is 6.61 Å². The quantitative estimate of drug-likeness (QED) is 0.730. The van der Waals surface area contributed by atoms with Crippen LogP contribution in [0.3, 0.4) is 0 Å². The van der Waals surface area contributed by atoms with E-state index < -0.39 is 0 Å². The van der Waals surface area contributed by atoms with Crippen molar-refractivity contribution in [1.29, 1.82) is 0 Å². The summed E-state index contributed by atoms with van der Waals surface area (Å²) in [7, 11) is 0. The molecule has 2 N–H and O–H groups in total. The van der Waals surface area contributed by atoms with Crippen molar-refractivity contribution in [1.82, 2.24) is 0 Å². The van der Waals surface area contributed by atoms with E-state index in [4.69, 9.17) is 10.5 Å². The largest absolute Gasteiger partial charge is 0.494 e. The fourth-order valence-corrected chi connectivity index (χ4v) is 1.32. The van der Waals surface area contributed by atoms with Gasteiger partial charge < -0.3 is 10.5 Å². The molecule has 0 aliphatic carbocycles. The van der Waals surface area contributed by atoms with E-state index in [-0.39, 0.29) is 0 Å². The highest BCUT2D eigenvalue weighted by molar-refractivity contribution is 5.34. The van der Waals surface area contributed by atoms with Gasteiger partial charge in [-0.05, 0) is 36.6 Å². The highest BCUT2D eigenvalue weighted by atomic mass is 16.5. The second-order valence-electron chi connectivity index (χ2n) is 3.49. The Bertz CT molecular complexity index is 284. The zero-order valence-corrected chi connectivity index (χ0v) is 9.05. The SMILES string of the molecule is CCCCOc1ccc(CN)c(C)c1. The molecule has 0 saturated heterocycles. The van der Waals surface area contributed by atoms with Gasteiger partial charge >= 0.3 is 0 Å². The molecule has 0 heterocycles. The Balaban J connectivity index is 2.57. The lowest BCUT2D eigenvalue weighted by Gasteiger charge is -2.08. The molecule has 0 fully saturated rings. The summed E-state index contributed by atoms with van der Waals surface area (Å²) in [5.74, 6) is 0.952. The first kappa shape index (κ1) is 11.1. The molecule has 14 heavy (non-hydrogen) atoms. The molecular formula is C12H19NO. The number of nitrogens with two attached hydrogens (primary N) is 1. The Morgan fingerprint density at radius 1 is 1.36 bits per heavy atom. The predicted molar refractivity (Wildman–Crippen MR) is 59.5 cm³/mol. The van der Waals surface area contributed by atoms with Gasteiger partial charge in [0.2, 0.25) is 0 Å². The van der Waals surface area contributed by atoms with Crippen LogP contribution in [0.25, 0.3) is 0 Å². The van der Waals surface area contributed by atoms with Gasteiger partial charge in [-0.1, -0.05) is 19.4 Å². The number of ether oxygens (including phenoxy) is 1. The molecule has 0 bridgehead atoms. The van der Waals surface area contributed by atoms with Gasteiger partial charge in [0, 0.05) is 6.54 Å². The van der Waals surface area contributed by atoms with Crippen LogP contribution in [0.4, 0.5) is 0 Å². The second-order valence-corrected chi connectivity index (χ2v) is 3.49. The van der Waals surface area contributed by atoms with Crippen LogP contribution < -0.4 is 10.5 Å². The van der Waals surface area contributed by atoms with Crippen LogP contribution in [0.5, 0.6) is 5.75 Å². The Kier molecular flexibility index (Phi) is 4.47. The summed E-state index contributed by atoms with van der Waals surface area (Å²) < 4.78 is 5.59. The van der Waals surface area contributed by atoms with Crippen molar-refractivity contribution in [2.24, 2.45) is 5.73 Å². The zero-order valence-electron chi connectivity index (χ0n) is 9.05. The topological polar surface area (TPSA) is 35.2 Å². The molecule has 78 valence electrons. The first-order chi connectivity index (χ1) is 6.77. The van der Waals surface area contributed by atoms with Gasteiger partial charge in [0.15, 0.2) is 0 Å². The number of benzene rings is 1. The molecule has 2 heteroatoms. The third-order valence-electron chi connectivity index (χ3n) is 2.30. The molecule has 1 aromatic carbocycles. The minimum absolute atomic E-state index is 0.598. The van der Waals surface area contributed by atoms with Crippen LogP contribution in [0.15, 0.2) is 18.2 Å². The van der Waals surface area contributed by atoms with E-state index in [9.17, 15) is 0 Å². The summed E-state index contributed by atoms with van der Waals surface area (Å²) in [6.45, 7) is 5.62. The normalized spacial score (nSPS) is 10.2. The minimum atomic E-state index is 0.598. The van der Waals surface area contributed by atoms with E-state index in [0.717, 1.165) is 18.8 Å². The highest BCUT2D eigenvalue weighted by Gasteiger charge is 1.98. The van der Waals surface area contributed by atoms with Crippen LogP contribution in [-0.2, 0) is 6.54 Å². The second kappa shape index (κ2) is 5.66. The molecule has 1 aromatic rings. The summed E-state index contributed by atoms with van der Waals surface area (Å²) in [5.41, 5.74) is 7.98. The van der Waals surface area contributed by atoms with E-state index in [1.165, 1.54) is 17.5 Å². The number of aryl methyl sites for hydroxylation is 1. The molecule has 2 nitrogen and oxygen atoms in total. The maximum Gasteiger partial charge on any atom is 0.119 e. The van der Waals surface area contributed by atoms with Crippen molar-refractivity contribution in [3.05, 3.63) is 29.3 Å². The van der Waals surface area contributed by atoms with Crippen molar-refractivity contribution in [3.8, 4) is 5.75 Å². The molecule has 0 aliphatic heterocycles. The lowest BCUT2D eigenvalue weighted by atomic mass is 10.1. The number of hydrogen-bond donors (Lipinski definition) is 1. The first-order valence-electron chi connectivity index (χ1n) is 5.20. The Morgan fingerprint density at radius 3 is 2.71 bits per heavy atom. The lowest BCUT2D eigenvalue weighted by Crippen LogP contribution is -2.01. The van der Waals surface area contributed by atoms with Gasteiger partial charge in [0.1, 0.15) is 5.75 Å². The van der Waals surface area contributed by atoms with Crippen molar-refractivity contribution >= 4 is 0 Å². The summed E-state index contributed by atoms with van der Waals surface area (Å²) in [5, 5.41) is 0. The average molecular weight is 193 g/mol. The van der Waals surface area contributed by atoms with Crippen LogP contribution in [0.1, 0.15) is 30.9 Å². The van der Waals surface area contributed by atoms with E-state index >= 15 is 0 Å². The van der Waals surface area contributed by atoms with E-state index in [1.54, 1.807) is 0 Å². The van der Waals surface area contributed by atoms with E-state index in [1.807, 2.05) is 12.1 Å². The average Bonchev–Trinajstić information content (AvgIpc) is 2.18. The highest BCUT2D eigenvalue weighted by Crippen LogP contribution is 2.17. The summed E-state index contributed by atoms with van der Waals surface area (Å²) in [4.78, 5) is 0. The van der Waals surface area contributed by atoms with Gasteiger partial charge in [-0.2, -0.15) is 0 Å². The molecular weight excluding hydrogens is 174 g/mol. The van der Waals surface area contributed by atoms with Crippen molar-refractivity contribution in [3.63, 3.8) is 0 Å². The van der Waals surface area contributed by atoms with Crippen LogP contribution in [0.2, 0.25) is 0 Å². The Hall–Kier alpha value is -1.02. The Labute approximate surface area is 86.1 Å². The fourth-order valence-electron chi connectivity index (χ4n) is 1.32. The molecule has 1 rings (SSSR count). The molecule has 0 spiro atoms. The van der Waals surface area contributed by atoms with Crippen LogP contribution in [0, 0.1) is 6.92 Å². The molecule has 0 unspecified atom stereocenters.